The number of amides is 1. The fourth-order valence-electron chi connectivity index (χ4n) is 2.41. The van der Waals surface area contributed by atoms with Crippen molar-refractivity contribution in [3.05, 3.63) is 24.3 Å². The Hall–Kier alpha value is -1.20. The van der Waals surface area contributed by atoms with Gasteiger partial charge >= 0.3 is 0 Å². The van der Waals surface area contributed by atoms with Gasteiger partial charge in [-0.25, -0.2) is 0 Å². The number of anilines is 1. The molecule has 1 aliphatic rings. The number of rotatable bonds is 7. The molecule has 0 bridgehead atoms. The zero-order chi connectivity index (χ0) is 15.1. The number of fused-ring (bicyclic) bond motifs is 1. The van der Waals surface area contributed by atoms with Gasteiger partial charge in [-0.05, 0) is 25.5 Å². The number of para-hydroxylation sites is 1. The zero-order valence-corrected chi connectivity index (χ0v) is 13.6. The minimum Gasteiger partial charge on any atom is -0.382 e. The van der Waals surface area contributed by atoms with Crippen LogP contribution in [0.25, 0.3) is 0 Å². The van der Waals surface area contributed by atoms with E-state index in [4.69, 9.17) is 4.74 Å². The van der Waals surface area contributed by atoms with Crippen molar-refractivity contribution in [3.8, 4) is 0 Å². The normalized spacial score (nSPS) is 17.4. The Labute approximate surface area is 131 Å². The van der Waals surface area contributed by atoms with E-state index in [1.807, 2.05) is 24.8 Å². The lowest BCUT2D eigenvalue weighted by molar-refractivity contribution is -0.119. The van der Waals surface area contributed by atoms with E-state index < -0.39 is 0 Å². The molecule has 1 amide bonds. The van der Waals surface area contributed by atoms with Crippen molar-refractivity contribution in [2.45, 2.75) is 30.4 Å². The molecular weight excluding hydrogens is 284 g/mol. The van der Waals surface area contributed by atoms with Gasteiger partial charge in [-0.3, -0.25) is 4.79 Å². The monoisotopic (exact) mass is 308 g/mol. The van der Waals surface area contributed by atoms with E-state index in [1.54, 1.807) is 0 Å². The molecule has 1 aromatic rings. The zero-order valence-electron chi connectivity index (χ0n) is 12.8. The van der Waals surface area contributed by atoms with Gasteiger partial charge in [-0.2, -0.15) is 0 Å². The molecule has 2 rings (SSSR count). The van der Waals surface area contributed by atoms with Gasteiger partial charge < -0.3 is 15.0 Å². The molecule has 0 aliphatic carbocycles. The van der Waals surface area contributed by atoms with E-state index in [1.165, 1.54) is 10.6 Å². The van der Waals surface area contributed by atoms with Crippen molar-refractivity contribution < 1.29 is 9.53 Å². The highest BCUT2D eigenvalue weighted by Gasteiger charge is 2.23. The molecule has 1 heterocycles. The Balaban J connectivity index is 1.83. The van der Waals surface area contributed by atoms with Gasteiger partial charge in [0.1, 0.15) is 0 Å². The van der Waals surface area contributed by atoms with E-state index in [0.29, 0.717) is 24.9 Å². The van der Waals surface area contributed by atoms with Crippen LogP contribution in [0.3, 0.4) is 0 Å². The predicted molar refractivity (Wildman–Crippen MR) is 88.1 cm³/mol. The van der Waals surface area contributed by atoms with Crippen LogP contribution in [-0.4, -0.2) is 44.0 Å². The summed E-state index contributed by atoms with van der Waals surface area (Å²) in [6, 6.07) is 8.30. The van der Waals surface area contributed by atoms with Crippen molar-refractivity contribution in [3.63, 3.8) is 0 Å². The van der Waals surface area contributed by atoms with E-state index in [9.17, 15) is 4.79 Å². The first-order valence-corrected chi connectivity index (χ1v) is 8.43. The average molecular weight is 308 g/mol. The average Bonchev–Trinajstić information content (AvgIpc) is 2.47. The van der Waals surface area contributed by atoms with E-state index in [0.717, 1.165) is 19.6 Å². The first-order chi connectivity index (χ1) is 10.2. The van der Waals surface area contributed by atoms with Gasteiger partial charge in [0.2, 0.25) is 5.91 Å². The number of nitrogens with one attached hydrogen (secondary N) is 1. The molecule has 1 atom stereocenters. The molecule has 1 aliphatic heterocycles. The molecule has 0 aromatic heterocycles. The maximum absolute atomic E-state index is 12.1. The summed E-state index contributed by atoms with van der Waals surface area (Å²) in [7, 11) is 0. The third kappa shape index (κ3) is 4.93. The summed E-state index contributed by atoms with van der Waals surface area (Å²) < 4.78 is 5.26. The first-order valence-electron chi connectivity index (χ1n) is 7.55. The molecule has 1 N–H and O–H groups in total. The molecule has 1 aromatic carbocycles. The second-order valence-electron chi connectivity index (χ2n) is 5.18. The van der Waals surface area contributed by atoms with Crippen LogP contribution >= 0.6 is 11.8 Å². The summed E-state index contributed by atoms with van der Waals surface area (Å²) in [6.07, 6.45) is 0.864. The molecule has 0 fully saturated rings. The van der Waals surface area contributed by atoms with E-state index in [2.05, 4.69) is 35.3 Å². The van der Waals surface area contributed by atoms with Crippen molar-refractivity contribution in [1.82, 2.24) is 5.32 Å². The van der Waals surface area contributed by atoms with Crippen molar-refractivity contribution in [1.29, 1.82) is 0 Å². The van der Waals surface area contributed by atoms with Crippen LogP contribution in [0.2, 0.25) is 0 Å². The molecule has 0 saturated heterocycles. The van der Waals surface area contributed by atoms with Gasteiger partial charge in [-0.1, -0.05) is 19.1 Å². The molecule has 116 valence electrons. The van der Waals surface area contributed by atoms with Gasteiger partial charge in [0.05, 0.1) is 12.2 Å². The number of nitrogens with zero attached hydrogens (tertiary/aromatic N) is 1. The highest BCUT2D eigenvalue weighted by molar-refractivity contribution is 8.00. The highest BCUT2D eigenvalue weighted by Crippen LogP contribution is 2.37. The number of hydrogen-bond acceptors (Lipinski definition) is 4. The third-order valence-electron chi connectivity index (χ3n) is 3.34. The molecule has 0 saturated carbocycles. The Morgan fingerprint density at radius 1 is 1.48 bits per heavy atom. The van der Waals surface area contributed by atoms with Gasteiger partial charge in [0.15, 0.2) is 0 Å². The molecule has 0 radical (unpaired) electrons. The lowest BCUT2D eigenvalue weighted by Gasteiger charge is -2.33. The quantitative estimate of drug-likeness (QED) is 0.786. The fourth-order valence-corrected chi connectivity index (χ4v) is 3.57. The lowest BCUT2D eigenvalue weighted by atomic mass is 10.2. The summed E-state index contributed by atoms with van der Waals surface area (Å²) in [5.74, 6) is 0.0837. The van der Waals surface area contributed by atoms with Crippen LogP contribution < -0.4 is 10.2 Å². The number of hydrogen-bond donors (Lipinski definition) is 1. The lowest BCUT2D eigenvalue weighted by Crippen LogP contribution is -2.42. The Morgan fingerprint density at radius 2 is 2.29 bits per heavy atom. The molecule has 0 spiro atoms. The number of ether oxygens (including phenoxy) is 1. The third-order valence-corrected chi connectivity index (χ3v) is 4.49. The minimum atomic E-state index is 0.0837. The minimum absolute atomic E-state index is 0.0837. The number of carbonyl (C=O) groups is 1. The smallest absolute Gasteiger partial charge is 0.239 e. The maximum atomic E-state index is 12.1. The first kappa shape index (κ1) is 16.2. The molecule has 5 heteroatoms. The standard InChI is InChI=1S/C16H24N2O2S/c1-3-20-10-6-9-17-16(19)12-18-11-13(2)21-15-8-5-4-7-14(15)18/h4-5,7-8,13H,3,6,9-12H2,1-2H3,(H,17,19). The molecule has 4 nitrogen and oxygen atoms in total. The van der Waals surface area contributed by atoms with Crippen LogP contribution in [0, 0.1) is 0 Å². The Kier molecular flexibility index (Phi) is 6.39. The van der Waals surface area contributed by atoms with Crippen molar-refractivity contribution in [2.75, 3.05) is 37.7 Å². The highest BCUT2D eigenvalue weighted by atomic mass is 32.2. The SMILES string of the molecule is CCOCCCNC(=O)CN1CC(C)Sc2ccccc21. The predicted octanol–water partition coefficient (Wildman–Crippen LogP) is 2.53. The van der Waals surface area contributed by atoms with Crippen LogP contribution in [-0.2, 0) is 9.53 Å². The van der Waals surface area contributed by atoms with Crippen LogP contribution in [0.5, 0.6) is 0 Å². The van der Waals surface area contributed by atoms with Gasteiger partial charge in [0, 0.05) is 36.4 Å². The molecule has 1 unspecified atom stereocenters. The molecule has 21 heavy (non-hydrogen) atoms. The molecular formula is C16H24N2O2S. The maximum Gasteiger partial charge on any atom is 0.239 e. The van der Waals surface area contributed by atoms with Crippen molar-refractivity contribution in [2.24, 2.45) is 0 Å². The second kappa shape index (κ2) is 8.29. The Morgan fingerprint density at radius 3 is 3.10 bits per heavy atom. The van der Waals surface area contributed by atoms with E-state index >= 15 is 0 Å². The largest absolute Gasteiger partial charge is 0.382 e. The number of benzene rings is 1. The Bertz CT molecular complexity index is 467. The topological polar surface area (TPSA) is 41.6 Å². The number of thioether (sulfide) groups is 1. The number of carbonyl (C=O) groups excluding carboxylic acids is 1. The summed E-state index contributed by atoms with van der Waals surface area (Å²) in [5, 5.41) is 3.47. The summed E-state index contributed by atoms with van der Waals surface area (Å²) >= 11 is 1.88. The van der Waals surface area contributed by atoms with E-state index in [-0.39, 0.29) is 5.91 Å². The summed E-state index contributed by atoms with van der Waals surface area (Å²) in [5.41, 5.74) is 1.17. The summed E-state index contributed by atoms with van der Waals surface area (Å²) in [4.78, 5) is 15.5. The van der Waals surface area contributed by atoms with Gasteiger partial charge in [-0.15, -0.1) is 11.8 Å². The van der Waals surface area contributed by atoms with Gasteiger partial charge in [0.25, 0.3) is 0 Å². The van der Waals surface area contributed by atoms with Crippen LogP contribution in [0.15, 0.2) is 29.2 Å². The fraction of sp³-hybridized carbons (Fsp3) is 0.562. The van der Waals surface area contributed by atoms with Crippen molar-refractivity contribution >= 4 is 23.4 Å². The summed E-state index contributed by atoms with van der Waals surface area (Å²) in [6.45, 7) is 7.63. The van der Waals surface area contributed by atoms with Crippen LogP contribution in [0.4, 0.5) is 5.69 Å². The van der Waals surface area contributed by atoms with Crippen LogP contribution in [0.1, 0.15) is 20.3 Å². The second-order valence-corrected chi connectivity index (χ2v) is 6.66.